The Kier molecular flexibility index (Phi) is 4.40. The molecule has 1 aromatic heterocycles. The zero-order chi connectivity index (χ0) is 15.5. The number of amides is 1. The Hall–Kier alpha value is -1.92. The smallest absolute Gasteiger partial charge is 0.247 e. The second-order valence-electron chi connectivity index (χ2n) is 6.30. The lowest BCUT2D eigenvalue weighted by Crippen LogP contribution is -2.48. The molecule has 0 N–H and O–H groups in total. The third-order valence-electron chi connectivity index (χ3n) is 4.52. The third kappa shape index (κ3) is 3.28. The normalized spacial score (nSPS) is 22.8. The molecule has 2 saturated heterocycles. The van der Waals surface area contributed by atoms with Gasteiger partial charge in [0.25, 0.3) is 0 Å². The van der Waals surface area contributed by atoms with Gasteiger partial charge in [0.15, 0.2) is 5.82 Å². The third-order valence-corrected chi connectivity index (χ3v) is 4.52. The van der Waals surface area contributed by atoms with Crippen molar-refractivity contribution in [2.24, 2.45) is 5.92 Å². The molecule has 1 atom stereocenters. The number of aromatic nitrogens is 3. The number of hydrogen-bond acceptors (Lipinski definition) is 6. The van der Waals surface area contributed by atoms with Crippen LogP contribution in [0.1, 0.15) is 26.7 Å². The Morgan fingerprint density at radius 1 is 1.18 bits per heavy atom. The van der Waals surface area contributed by atoms with Crippen molar-refractivity contribution >= 4 is 17.7 Å². The molecular weight excluding hydrogens is 280 g/mol. The molecule has 0 aliphatic carbocycles. The lowest BCUT2D eigenvalue weighted by atomic mass is 10.0. The highest BCUT2D eigenvalue weighted by molar-refractivity contribution is 5.73. The minimum Gasteiger partial charge on any atom is -0.355 e. The van der Waals surface area contributed by atoms with Gasteiger partial charge in [-0.2, -0.15) is 10.1 Å². The molecular formula is C15H24N6O. The second-order valence-corrected chi connectivity index (χ2v) is 6.30. The molecule has 1 unspecified atom stereocenters. The maximum Gasteiger partial charge on any atom is 0.247 e. The van der Waals surface area contributed by atoms with Crippen molar-refractivity contribution in [1.82, 2.24) is 20.1 Å². The van der Waals surface area contributed by atoms with Gasteiger partial charge in [-0.3, -0.25) is 4.79 Å². The molecule has 2 fully saturated rings. The summed E-state index contributed by atoms with van der Waals surface area (Å²) in [5, 5.41) is 8.32. The number of carbonyl (C=O) groups is 1. The van der Waals surface area contributed by atoms with E-state index in [0.29, 0.717) is 11.9 Å². The highest BCUT2D eigenvalue weighted by Crippen LogP contribution is 2.22. The fraction of sp³-hybridized carbons (Fsp3) is 0.733. The molecule has 0 radical (unpaired) electrons. The molecule has 7 heteroatoms. The van der Waals surface area contributed by atoms with Gasteiger partial charge in [-0.1, -0.05) is 6.92 Å². The number of piperazine rings is 1. The fourth-order valence-electron chi connectivity index (χ4n) is 3.19. The van der Waals surface area contributed by atoms with Gasteiger partial charge in [0.2, 0.25) is 11.9 Å². The van der Waals surface area contributed by atoms with E-state index in [1.165, 1.54) is 12.8 Å². The average molecular weight is 304 g/mol. The first-order valence-electron chi connectivity index (χ1n) is 8.08. The Morgan fingerprint density at radius 2 is 1.95 bits per heavy atom. The standard InChI is InChI=1S/C15H24N6O/c1-12-4-3-5-21(11-12)14-10-16-18-15(17-14)20-8-6-19(7-9-20)13(2)22/h10,12H,3-9,11H2,1-2H3. The maximum atomic E-state index is 11.4. The van der Waals surface area contributed by atoms with Gasteiger partial charge in [-0.15, -0.1) is 5.10 Å². The molecule has 3 rings (SSSR count). The topological polar surface area (TPSA) is 65.5 Å². The molecule has 0 bridgehead atoms. The summed E-state index contributed by atoms with van der Waals surface area (Å²) >= 11 is 0. The van der Waals surface area contributed by atoms with Crippen LogP contribution in [0.5, 0.6) is 0 Å². The van der Waals surface area contributed by atoms with E-state index in [9.17, 15) is 4.79 Å². The van der Waals surface area contributed by atoms with Crippen molar-refractivity contribution in [3.8, 4) is 0 Å². The zero-order valence-electron chi connectivity index (χ0n) is 13.4. The molecule has 0 saturated carbocycles. The van der Waals surface area contributed by atoms with Gasteiger partial charge in [0.05, 0.1) is 6.20 Å². The highest BCUT2D eigenvalue weighted by atomic mass is 16.2. The van der Waals surface area contributed by atoms with E-state index >= 15 is 0 Å². The summed E-state index contributed by atoms with van der Waals surface area (Å²) in [6.45, 7) is 8.96. The highest BCUT2D eigenvalue weighted by Gasteiger charge is 2.23. The van der Waals surface area contributed by atoms with Gasteiger partial charge >= 0.3 is 0 Å². The fourth-order valence-corrected chi connectivity index (χ4v) is 3.19. The van der Waals surface area contributed by atoms with Crippen LogP contribution in [0.15, 0.2) is 6.20 Å². The molecule has 3 heterocycles. The van der Waals surface area contributed by atoms with E-state index < -0.39 is 0 Å². The van der Waals surface area contributed by atoms with Gasteiger partial charge in [-0.25, -0.2) is 0 Å². The molecule has 120 valence electrons. The summed E-state index contributed by atoms with van der Waals surface area (Å²) in [6.07, 6.45) is 4.25. The van der Waals surface area contributed by atoms with E-state index in [1.807, 2.05) is 4.90 Å². The van der Waals surface area contributed by atoms with E-state index in [4.69, 9.17) is 4.98 Å². The van der Waals surface area contributed by atoms with E-state index in [2.05, 4.69) is 26.9 Å². The van der Waals surface area contributed by atoms with Crippen molar-refractivity contribution in [2.45, 2.75) is 26.7 Å². The maximum absolute atomic E-state index is 11.4. The van der Waals surface area contributed by atoms with Gasteiger partial charge in [0, 0.05) is 46.2 Å². The molecule has 2 aliphatic heterocycles. The number of rotatable bonds is 2. The Morgan fingerprint density at radius 3 is 2.64 bits per heavy atom. The second kappa shape index (κ2) is 6.46. The first-order valence-corrected chi connectivity index (χ1v) is 8.08. The average Bonchev–Trinajstić information content (AvgIpc) is 2.55. The van der Waals surface area contributed by atoms with Crippen molar-refractivity contribution in [2.75, 3.05) is 49.1 Å². The first kappa shape index (κ1) is 15.0. The van der Waals surface area contributed by atoms with E-state index in [-0.39, 0.29) is 5.91 Å². The summed E-state index contributed by atoms with van der Waals surface area (Å²) in [7, 11) is 0. The summed E-state index contributed by atoms with van der Waals surface area (Å²) in [5.41, 5.74) is 0. The predicted octanol–water partition coefficient (Wildman–Crippen LogP) is 0.776. The van der Waals surface area contributed by atoms with Crippen molar-refractivity contribution in [3.63, 3.8) is 0 Å². The number of anilines is 2. The summed E-state index contributed by atoms with van der Waals surface area (Å²) in [6, 6.07) is 0. The summed E-state index contributed by atoms with van der Waals surface area (Å²) in [5.74, 6) is 2.44. The van der Waals surface area contributed by atoms with E-state index in [1.54, 1.807) is 13.1 Å². The Balaban J connectivity index is 1.68. The molecule has 2 aliphatic rings. The molecule has 1 aromatic rings. The van der Waals surface area contributed by atoms with Crippen LogP contribution in [-0.2, 0) is 4.79 Å². The summed E-state index contributed by atoms with van der Waals surface area (Å²) < 4.78 is 0. The van der Waals surface area contributed by atoms with Gasteiger partial charge in [-0.05, 0) is 18.8 Å². The number of nitrogens with zero attached hydrogens (tertiary/aromatic N) is 6. The van der Waals surface area contributed by atoms with Crippen molar-refractivity contribution < 1.29 is 4.79 Å². The van der Waals surface area contributed by atoms with Crippen LogP contribution in [0, 0.1) is 5.92 Å². The lowest BCUT2D eigenvalue weighted by molar-refractivity contribution is -0.129. The van der Waals surface area contributed by atoms with Crippen molar-refractivity contribution in [3.05, 3.63) is 6.20 Å². The molecule has 0 spiro atoms. The van der Waals surface area contributed by atoms with Crippen LogP contribution in [-0.4, -0.2) is 65.3 Å². The monoisotopic (exact) mass is 304 g/mol. The van der Waals surface area contributed by atoms with Crippen molar-refractivity contribution in [1.29, 1.82) is 0 Å². The molecule has 22 heavy (non-hydrogen) atoms. The van der Waals surface area contributed by atoms with Gasteiger partial charge in [0.1, 0.15) is 0 Å². The van der Waals surface area contributed by atoms with Gasteiger partial charge < -0.3 is 14.7 Å². The van der Waals surface area contributed by atoms with Crippen LogP contribution < -0.4 is 9.80 Å². The van der Waals surface area contributed by atoms with E-state index in [0.717, 1.165) is 45.1 Å². The largest absolute Gasteiger partial charge is 0.355 e. The molecule has 0 aromatic carbocycles. The zero-order valence-corrected chi connectivity index (χ0v) is 13.4. The lowest BCUT2D eigenvalue weighted by Gasteiger charge is -2.35. The van der Waals surface area contributed by atoms with Crippen LogP contribution in [0.4, 0.5) is 11.8 Å². The van der Waals surface area contributed by atoms with Crippen LogP contribution in [0.2, 0.25) is 0 Å². The number of piperidine rings is 1. The first-order chi connectivity index (χ1) is 10.6. The van der Waals surface area contributed by atoms with Crippen LogP contribution in [0.25, 0.3) is 0 Å². The van der Waals surface area contributed by atoms with Crippen LogP contribution in [0.3, 0.4) is 0 Å². The minimum atomic E-state index is 0.134. The number of carbonyl (C=O) groups excluding carboxylic acids is 1. The summed E-state index contributed by atoms with van der Waals surface area (Å²) in [4.78, 5) is 22.4. The molecule has 7 nitrogen and oxygen atoms in total. The Bertz CT molecular complexity index is 529. The Labute approximate surface area is 131 Å². The minimum absolute atomic E-state index is 0.134. The quantitative estimate of drug-likeness (QED) is 0.804. The SMILES string of the molecule is CC(=O)N1CCN(c2nncc(N3CCCC(C)C3)n2)CC1. The molecule has 1 amide bonds. The van der Waals surface area contributed by atoms with Crippen LogP contribution >= 0.6 is 0 Å². The number of hydrogen-bond donors (Lipinski definition) is 0. The predicted molar refractivity (Wildman–Crippen MR) is 84.9 cm³/mol.